The number of carbonyl (C=O) groups is 1. The van der Waals surface area contributed by atoms with E-state index in [0.717, 1.165) is 25.9 Å². The molecule has 18 heavy (non-hydrogen) atoms. The Hall–Kier alpha value is -0.610. The number of nitrogens with zero attached hydrogens (tertiary/aromatic N) is 1. The van der Waals surface area contributed by atoms with E-state index >= 15 is 0 Å². The van der Waals surface area contributed by atoms with Gasteiger partial charge in [-0.25, -0.2) is 5.01 Å². The first-order valence-electron chi connectivity index (χ1n) is 7.49. The van der Waals surface area contributed by atoms with Gasteiger partial charge in [0.1, 0.15) is 6.10 Å². The average Bonchev–Trinajstić information content (AvgIpc) is 2.41. The molecule has 2 aliphatic rings. The number of amides is 1. The zero-order valence-corrected chi connectivity index (χ0v) is 11.2. The number of rotatable bonds is 4. The summed E-state index contributed by atoms with van der Waals surface area (Å²) in [7, 11) is 0. The number of hydrazine groups is 1. The molecule has 104 valence electrons. The number of aliphatic hydroxyl groups is 1. The lowest BCUT2D eigenvalue weighted by molar-refractivity contribution is -0.135. The topological polar surface area (TPSA) is 52.6 Å². The van der Waals surface area contributed by atoms with Crippen molar-refractivity contribution in [3.8, 4) is 0 Å². The van der Waals surface area contributed by atoms with Crippen LogP contribution in [0.25, 0.3) is 0 Å². The highest BCUT2D eigenvalue weighted by Gasteiger charge is 2.23. The average molecular weight is 254 g/mol. The highest BCUT2D eigenvalue weighted by atomic mass is 16.3. The van der Waals surface area contributed by atoms with Crippen LogP contribution in [0.15, 0.2) is 0 Å². The van der Waals surface area contributed by atoms with Crippen LogP contribution in [0.2, 0.25) is 0 Å². The second kappa shape index (κ2) is 7.10. The Balaban J connectivity index is 1.69. The lowest BCUT2D eigenvalue weighted by atomic mass is 9.85. The molecule has 2 fully saturated rings. The van der Waals surface area contributed by atoms with Gasteiger partial charge >= 0.3 is 0 Å². The van der Waals surface area contributed by atoms with Crippen LogP contribution in [0, 0.1) is 5.92 Å². The van der Waals surface area contributed by atoms with E-state index in [-0.39, 0.29) is 5.91 Å². The van der Waals surface area contributed by atoms with Gasteiger partial charge in [0.2, 0.25) is 0 Å². The lowest BCUT2D eigenvalue weighted by Gasteiger charge is -2.29. The van der Waals surface area contributed by atoms with Crippen LogP contribution >= 0.6 is 0 Å². The third-order valence-electron chi connectivity index (χ3n) is 4.21. The molecule has 0 spiro atoms. The number of piperidine rings is 1. The maximum Gasteiger partial charge on any atom is 0.263 e. The lowest BCUT2D eigenvalue weighted by Crippen LogP contribution is -2.49. The Morgan fingerprint density at radius 3 is 2.39 bits per heavy atom. The second-order valence-corrected chi connectivity index (χ2v) is 5.78. The molecular formula is C14H26N2O2. The van der Waals surface area contributed by atoms with Gasteiger partial charge in [0.15, 0.2) is 0 Å². The number of hydrogen-bond donors (Lipinski definition) is 2. The van der Waals surface area contributed by atoms with Gasteiger partial charge in [0, 0.05) is 13.1 Å². The highest BCUT2D eigenvalue weighted by Crippen LogP contribution is 2.27. The number of hydrogen-bond acceptors (Lipinski definition) is 3. The van der Waals surface area contributed by atoms with Gasteiger partial charge in [-0.15, -0.1) is 0 Å². The van der Waals surface area contributed by atoms with E-state index in [2.05, 4.69) is 5.43 Å². The Kier molecular flexibility index (Phi) is 5.45. The predicted molar refractivity (Wildman–Crippen MR) is 70.8 cm³/mol. The zero-order chi connectivity index (χ0) is 12.8. The standard InChI is InChI=1S/C14H26N2O2/c17-13(11-12-7-3-1-4-8-12)14(18)15-16-9-5-2-6-10-16/h12-13,17H,1-11H2,(H,15,18)/t13-/m0/s1. The van der Waals surface area contributed by atoms with Crippen LogP contribution < -0.4 is 5.43 Å². The molecule has 0 aromatic rings. The van der Waals surface area contributed by atoms with Gasteiger partial charge in [0.25, 0.3) is 5.91 Å². The Morgan fingerprint density at radius 1 is 1.11 bits per heavy atom. The highest BCUT2D eigenvalue weighted by molar-refractivity contribution is 5.79. The first-order chi connectivity index (χ1) is 8.75. The van der Waals surface area contributed by atoms with Gasteiger partial charge in [0.05, 0.1) is 0 Å². The van der Waals surface area contributed by atoms with Crippen molar-refractivity contribution < 1.29 is 9.90 Å². The molecule has 1 amide bonds. The van der Waals surface area contributed by atoms with Gasteiger partial charge in [-0.2, -0.15) is 0 Å². The Morgan fingerprint density at radius 2 is 1.72 bits per heavy atom. The van der Waals surface area contributed by atoms with Crippen molar-refractivity contribution in [1.29, 1.82) is 0 Å². The summed E-state index contributed by atoms with van der Waals surface area (Å²) in [5, 5.41) is 11.9. The van der Waals surface area contributed by atoms with Crippen LogP contribution in [0.3, 0.4) is 0 Å². The van der Waals surface area contributed by atoms with Gasteiger partial charge in [-0.1, -0.05) is 38.5 Å². The second-order valence-electron chi connectivity index (χ2n) is 5.78. The van der Waals surface area contributed by atoms with Crippen molar-refractivity contribution in [1.82, 2.24) is 10.4 Å². The molecule has 4 heteroatoms. The Bertz CT molecular complexity index is 259. The largest absolute Gasteiger partial charge is 0.383 e. The van der Waals surface area contributed by atoms with Crippen molar-refractivity contribution in [2.75, 3.05) is 13.1 Å². The number of carbonyl (C=O) groups excluding carboxylic acids is 1. The van der Waals surface area contributed by atoms with E-state index in [1.54, 1.807) is 0 Å². The zero-order valence-electron chi connectivity index (χ0n) is 11.2. The SMILES string of the molecule is O=C(NN1CCCCC1)[C@@H](O)CC1CCCCC1. The fourth-order valence-corrected chi connectivity index (χ4v) is 3.08. The Labute approximate surface area is 110 Å². The molecule has 1 saturated heterocycles. The van der Waals surface area contributed by atoms with Crippen LogP contribution in [0.1, 0.15) is 57.8 Å². The molecule has 1 saturated carbocycles. The molecule has 0 aromatic heterocycles. The van der Waals surface area contributed by atoms with Crippen molar-refractivity contribution in [2.24, 2.45) is 5.92 Å². The van der Waals surface area contributed by atoms with Gasteiger partial charge in [-0.3, -0.25) is 10.2 Å². The van der Waals surface area contributed by atoms with Crippen LogP contribution in [-0.4, -0.2) is 35.2 Å². The van der Waals surface area contributed by atoms with E-state index in [1.165, 1.54) is 38.5 Å². The molecule has 0 radical (unpaired) electrons. The minimum atomic E-state index is -0.824. The maximum atomic E-state index is 11.9. The molecule has 4 nitrogen and oxygen atoms in total. The molecule has 1 atom stereocenters. The maximum absolute atomic E-state index is 11.9. The summed E-state index contributed by atoms with van der Waals surface area (Å²) in [5.74, 6) is 0.336. The molecule has 0 bridgehead atoms. The van der Waals surface area contributed by atoms with Crippen molar-refractivity contribution in [2.45, 2.75) is 63.9 Å². The fourth-order valence-electron chi connectivity index (χ4n) is 3.08. The summed E-state index contributed by atoms with van der Waals surface area (Å²) in [4.78, 5) is 11.9. The number of nitrogens with one attached hydrogen (secondary N) is 1. The summed E-state index contributed by atoms with van der Waals surface area (Å²) >= 11 is 0. The summed E-state index contributed by atoms with van der Waals surface area (Å²) < 4.78 is 0. The van der Waals surface area contributed by atoms with E-state index in [1.807, 2.05) is 5.01 Å². The quantitative estimate of drug-likeness (QED) is 0.805. The third-order valence-corrected chi connectivity index (χ3v) is 4.21. The monoisotopic (exact) mass is 254 g/mol. The minimum absolute atomic E-state index is 0.206. The molecule has 2 N–H and O–H groups in total. The molecule has 2 rings (SSSR count). The van der Waals surface area contributed by atoms with Crippen LogP contribution in [0.5, 0.6) is 0 Å². The van der Waals surface area contributed by atoms with Crippen LogP contribution in [0.4, 0.5) is 0 Å². The van der Waals surface area contributed by atoms with E-state index in [9.17, 15) is 9.90 Å². The smallest absolute Gasteiger partial charge is 0.263 e. The van der Waals surface area contributed by atoms with Crippen molar-refractivity contribution >= 4 is 5.91 Å². The van der Waals surface area contributed by atoms with Crippen molar-refractivity contribution in [3.05, 3.63) is 0 Å². The van der Waals surface area contributed by atoms with Gasteiger partial charge < -0.3 is 5.11 Å². The fraction of sp³-hybridized carbons (Fsp3) is 0.929. The molecule has 0 unspecified atom stereocenters. The predicted octanol–water partition coefficient (Wildman–Crippen LogP) is 1.83. The third kappa shape index (κ3) is 4.25. The molecule has 0 aromatic carbocycles. The first kappa shape index (κ1) is 13.8. The number of aliphatic hydroxyl groups excluding tert-OH is 1. The van der Waals surface area contributed by atoms with E-state index in [4.69, 9.17) is 0 Å². The summed E-state index contributed by atoms with van der Waals surface area (Å²) in [6.45, 7) is 1.84. The molecule has 1 aliphatic carbocycles. The van der Waals surface area contributed by atoms with E-state index < -0.39 is 6.10 Å². The first-order valence-corrected chi connectivity index (χ1v) is 7.49. The summed E-state index contributed by atoms with van der Waals surface area (Å²) in [5.41, 5.74) is 2.85. The summed E-state index contributed by atoms with van der Waals surface area (Å²) in [6, 6.07) is 0. The molecule has 1 aliphatic heterocycles. The molecule has 1 heterocycles. The van der Waals surface area contributed by atoms with Crippen LogP contribution in [-0.2, 0) is 4.79 Å². The molecular weight excluding hydrogens is 228 g/mol. The van der Waals surface area contributed by atoms with Crippen molar-refractivity contribution in [3.63, 3.8) is 0 Å². The van der Waals surface area contributed by atoms with E-state index in [0.29, 0.717) is 12.3 Å². The minimum Gasteiger partial charge on any atom is -0.383 e. The normalized spacial score (nSPS) is 24.7. The summed E-state index contributed by atoms with van der Waals surface area (Å²) in [6.07, 6.45) is 9.51. The van der Waals surface area contributed by atoms with Gasteiger partial charge in [-0.05, 0) is 25.2 Å².